The molecule has 5 nitrogen and oxygen atoms in total. The highest BCUT2D eigenvalue weighted by Crippen LogP contribution is 2.29. The fourth-order valence-corrected chi connectivity index (χ4v) is 2.91. The Morgan fingerprint density at radius 1 is 1.16 bits per heavy atom. The third-order valence-corrected chi connectivity index (χ3v) is 4.26. The third-order valence-electron chi connectivity index (χ3n) is 4.00. The number of halogens is 1. The van der Waals surface area contributed by atoms with Crippen molar-refractivity contribution in [2.45, 2.75) is 6.42 Å². The Kier molecular flexibility index (Phi) is 3.99. The van der Waals surface area contributed by atoms with Crippen LogP contribution in [0, 0.1) is 0 Å². The first kappa shape index (κ1) is 15.5. The van der Waals surface area contributed by atoms with E-state index >= 15 is 0 Å². The van der Waals surface area contributed by atoms with Crippen LogP contribution in [0.25, 0.3) is 22.0 Å². The van der Waals surface area contributed by atoms with E-state index in [1.165, 1.54) is 0 Å². The maximum absolute atomic E-state index is 12.4. The minimum absolute atomic E-state index is 0.170. The number of carbonyl (C=O) groups is 1. The Balaban J connectivity index is 1.54. The van der Waals surface area contributed by atoms with Gasteiger partial charge in [-0.25, -0.2) is 0 Å². The lowest BCUT2D eigenvalue weighted by atomic mass is 10.1. The smallest absolute Gasteiger partial charge is 0.239 e. The molecule has 0 saturated heterocycles. The lowest BCUT2D eigenvalue weighted by molar-refractivity contribution is -0.115. The van der Waals surface area contributed by atoms with E-state index in [0.29, 0.717) is 16.5 Å². The highest BCUT2D eigenvalue weighted by molar-refractivity contribution is 6.30. The molecule has 6 heteroatoms. The molecule has 0 aliphatic rings. The first-order valence-electron chi connectivity index (χ1n) is 7.76. The lowest BCUT2D eigenvalue weighted by Crippen LogP contribution is -2.14. The summed E-state index contributed by atoms with van der Waals surface area (Å²) >= 11 is 5.91. The highest BCUT2D eigenvalue weighted by Gasteiger charge is 2.15. The van der Waals surface area contributed by atoms with Crippen LogP contribution in [0.4, 0.5) is 5.88 Å². The maximum atomic E-state index is 12.4. The van der Waals surface area contributed by atoms with Gasteiger partial charge in [0, 0.05) is 22.1 Å². The number of hydrogen-bond donors (Lipinski definition) is 2. The van der Waals surface area contributed by atoms with Crippen molar-refractivity contribution in [3.05, 3.63) is 71.5 Å². The van der Waals surface area contributed by atoms with E-state index in [4.69, 9.17) is 16.1 Å². The number of hydrogen-bond acceptors (Lipinski definition) is 3. The summed E-state index contributed by atoms with van der Waals surface area (Å²) < 4.78 is 5.20. The van der Waals surface area contributed by atoms with Crippen molar-refractivity contribution >= 4 is 34.3 Å². The van der Waals surface area contributed by atoms with Crippen molar-refractivity contribution in [3.8, 4) is 11.1 Å². The number of nitrogens with one attached hydrogen (secondary N) is 2. The second-order valence-corrected chi connectivity index (χ2v) is 6.10. The maximum Gasteiger partial charge on any atom is 0.239 e. The topological polar surface area (TPSA) is 70.9 Å². The zero-order chi connectivity index (χ0) is 17.2. The molecule has 0 aliphatic heterocycles. The van der Waals surface area contributed by atoms with E-state index in [-0.39, 0.29) is 12.3 Å². The van der Waals surface area contributed by atoms with E-state index in [1.807, 2.05) is 42.6 Å². The molecular weight excluding hydrogens is 338 g/mol. The van der Waals surface area contributed by atoms with Crippen LogP contribution in [0.5, 0.6) is 0 Å². The number of aromatic amines is 1. The SMILES string of the molecule is O=C(Cc1c[nH]c2ccccc12)Nc1oncc1-c1ccc(Cl)cc1. The van der Waals surface area contributed by atoms with Gasteiger partial charge in [0.1, 0.15) is 0 Å². The van der Waals surface area contributed by atoms with Gasteiger partial charge in [-0.05, 0) is 29.3 Å². The highest BCUT2D eigenvalue weighted by atomic mass is 35.5. The molecule has 0 saturated carbocycles. The molecular formula is C19H14ClN3O2. The summed E-state index contributed by atoms with van der Waals surface area (Å²) in [6.07, 6.45) is 3.67. The quantitative estimate of drug-likeness (QED) is 0.562. The standard InChI is InChI=1S/C19H14ClN3O2/c20-14-7-5-12(6-8-14)16-11-22-25-19(16)23-18(24)9-13-10-21-17-4-2-1-3-15(13)17/h1-8,10-11,21H,9H2,(H,23,24). The minimum Gasteiger partial charge on any atom is -0.361 e. The van der Waals surface area contributed by atoms with Gasteiger partial charge in [-0.3, -0.25) is 10.1 Å². The molecule has 0 bridgehead atoms. The van der Waals surface area contributed by atoms with Crippen LogP contribution in [-0.2, 0) is 11.2 Å². The third kappa shape index (κ3) is 3.14. The van der Waals surface area contributed by atoms with Gasteiger partial charge in [0.15, 0.2) is 0 Å². The van der Waals surface area contributed by atoms with E-state index < -0.39 is 0 Å². The minimum atomic E-state index is -0.170. The summed E-state index contributed by atoms with van der Waals surface area (Å²) in [5.74, 6) is 0.156. The van der Waals surface area contributed by atoms with Crippen LogP contribution in [0.1, 0.15) is 5.56 Å². The molecule has 2 aromatic carbocycles. The summed E-state index contributed by atoms with van der Waals surface area (Å²) in [6.45, 7) is 0. The Labute approximate surface area is 148 Å². The monoisotopic (exact) mass is 351 g/mol. The van der Waals surface area contributed by atoms with E-state index in [1.54, 1.807) is 18.3 Å². The number of amides is 1. The number of anilines is 1. The second-order valence-electron chi connectivity index (χ2n) is 5.66. The molecule has 1 amide bonds. The largest absolute Gasteiger partial charge is 0.361 e. The van der Waals surface area contributed by atoms with Gasteiger partial charge in [-0.15, -0.1) is 0 Å². The number of para-hydroxylation sites is 1. The number of fused-ring (bicyclic) bond motifs is 1. The number of benzene rings is 2. The summed E-state index contributed by atoms with van der Waals surface area (Å²) in [6, 6.07) is 15.1. The predicted molar refractivity (Wildman–Crippen MR) is 97.6 cm³/mol. The Bertz CT molecular complexity index is 1030. The molecule has 0 atom stereocenters. The predicted octanol–water partition coefficient (Wildman–Crippen LogP) is 4.66. The average molecular weight is 352 g/mol. The first-order valence-corrected chi connectivity index (χ1v) is 8.14. The summed E-state index contributed by atoms with van der Waals surface area (Å²) in [5.41, 5.74) is 3.52. The van der Waals surface area contributed by atoms with Gasteiger partial charge in [0.05, 0.1) is 18.2 Å². The van der Waals surface area contributed by atoms with Crippen molar-refractivity contribution in [1.82, 2.24) is 10.1 Å². The number of nitrogens with zero attached hydrogens (tertiary/aromatic N) is 1. The number of H-pyrrole nitrogens is 1. The summed E-state index contributed by atoms with van der Waals surface area (Å²) in [7, 11) is 0. The van der Waals surface area contributed by atoms with Crippen LogP contribution in [0.2, 0.25) is 5.02 Å². The van der Waals surface area contributed by atoms with Crippen LogP contribution in [0.3, 0.4) is 0 Å². The van der Waals surface area contributed by atoms with Crippen molar-refractivity contribution in [3.63, 3.8) is 0 Å². The van der Waals surface area contributed by atoms with Gasteiger partial charge >= 0.3 is 0 Å². The van der Waals surface area contributed by atoms with Crippen LogP contribution < -0.4 is 5.32 Å². The molecule has 2 aromatic heterocycles. The number of aromatic nitrogens is 2. The van der Waals surface area contributed by atoms with Crippen molar-refractivity contribution < 1.29 is 9.32 Å². The molecule has 25 heavy (non-hydrogen) atoms. The lowest BCUT2D eigenvalue weighted by Gasteiger charge is -2.04. The molecule has 0 fully saturated rings. The Hall–Kier alpha value is -3.05. The zero-order valence-corrected chi connectivity index (χ0v) is 13.9. The number of carbonyl (C=O) groups excluding carboxylic acids is 1. The molecule has 0 radical (unpaired) electrons. The fraction of sp³-hybridized carbons (Fsp3) is 0.0526. The van der Waals surface area contributed by atoms with Gasteiger partial charge < -0.3 is 9.51 Å². The van der Waals surface area contributed by atoms with E-state index in [9.17, 15) is 4.79 Å². The summed E-state index contributed by atoms with van der Waals surface area (Å²) in [4.78, 5) is 15.6. The molecule has 0 spiro atoms. The summed E-state index contributed by atoms with van der Waals surface area (Å²) in [5, 5.41) is 8.26. The van der Waals surface area contributed by atoms with Crippen molar-refractivity contribution in [2.75, 3.05) is 5.32 Å². The second kappa shape index (κ2) is 6.45. The molecule has 0 aliphatic carbocycles. The Morgan fingerprint density at radius 3 is 2.80 bits per heavy atom. The van der Waals surface area contributed by atoms with Crippen LogP contribution >= 0.6 is 11.6 Å². The number of rotatable bonds is 4. The van der Waals surface area contributed by atoms with Crippen molar-refractivity contribution in [1.29, 1.82) is 0 Å². The van der Waals surface area contributed by atoms with E-state index in [0.717, 1.165) is 22.0 Å². The normalized spacial score (nSPS) is 10.9. The molecule has 2 N–H and O–H groups in total. The van der Waals surface area contributed by atoms with Crippen LogP contribution in [-0.4, -0.2) is 16.0 Å². The van der Waals surface area contributed by atoms with Gasteiger partial charge in [-0.2, -0.15) is 0 Å². The first-order chi connectivity index (χ1) is 12.2. The fourth-order valence-electron chi connectivity index (χ4n) is 2.79. The van der Waals surface area contributed by atoms with E-state index in [2.05, 4.69) is 15.5 Å². The van der Waals surface area contributed by atoms with Gasteiger partial charge in [0.25, 0.3) is 0 Å². The average Bonchev–Trinajstić information content (AvgIpc) is 3.23. The molecule has 4 aromatic rings. The van der Waals surface area contributed by atoms with Gasteiger partial charge in [-0.1, -0.05) is 47.1 Å². The van der Waals surface area contributed by atoms with Crippen LogP contribution in [0.15, 0.2) is 65.4 Å². The van der Waals surface area contributed by atoms with Gasteiger partial charge in [0.2, 0.25) is 11.8 Å². The Morgan fingerprint density at radius 2 is 1.96 bits per heavy atom. The zero-order valence-electron chi connectivity index (χ0n) is 13.1. The molecule has 4 rings (SSSR count). The molecule has 2 heterocycles. The molecule has 124 valence electrons. The van der Waals surface area contributed by atoms with Crippen molar-refractivity contribution in [2.24, 2.45) is 0 Å². The molecule has 0 unspecified atom stereocenters.